The number of benzene rings is 1. The van der Waals surface area contributed by atoms with E-state index in [1.54, 1.807) is 6.92 Å². The molecule has 4 rings (SSSR count). The minimum atomic E-state index is 0.161. The van der Waals surface area contributed by atoms with Crippen LogP contribution in [0.3, 0.4) is 0 Å². The summed E-state index contributed by atoms with van der Waals surface area (Å²) in [6, 6.07) is 13.4. The summed E-state index contributed by atoms with van der Waals surface area (Å²) in [5.41, 5.74) is 4.17. The number of anilines is 1. The van der Waals surface area contributed by atoms with E-state index in [0.29, 0.717) is 6.04 Å². The van der Waals surface area contributed by atoms with Crippen molar-refractivity contribution < 1.29 is 4.79 Å². The van der Waals surface area contributed by atoms with E-state index in [9.17, 15) is 4.79 Å². The Balaban J connectivity index is 1.39. The van der Waals surface area contributed by atoms with E-state index in [0.717, 1.165) is 51.4 Å². The molecule has 2 aromatic rings. The van der Waals surface area contributed by atoms with E-state index in [4.69, 9.17) is 0 Å². The van der Waals surface area contributed by atoms with Gasteiger partial charge in [-0.1, -0.05) is 30.3 Å². The van der Waals surface area contributed by atoms with Gasteiger partial charge in [-0.3, -0.25) is 4.79 Å². The van der Waals surface area contributed by atoms with Gasteiger partial charge in [0, 0.05) is 57.4 Å². The number of pyridine rings is 1. The summed E-state index contributed by atoms with van der Waals surface area (Å²) in [6.45, 7) is 5.71. The fourth-order valence-electron chi connectivity index (χ4n) is 4.04. The van der Waals surface area contributed by atoms with Crippen molar-refractivity contribution in [1.82, 2.24) is 15.2 Å². The number of aromatic nitrogens is 1. The second-order valence-corrected chi connectivity index (χ2v) is 7.23. The van der Waals surface area contributed by atoms with Crippen LogP contribution in [-0.4, -0.2) is 48.0 Å². The van der Waals surface area contributed by atoms with Crippen LogP contribution < -0.4 is 10.2 Å². The van der Waals surface area contributed by atoms with Crippen molar-refractivity contribution in [3.8, 4) is 0 Å². The van der Waals surface area contributed by atoms with Crippen LogP contribution in [0, 0.1) is 0 Å². The first-order chi connectivity index (χ1) is 12.7. The van der Waals surface area contributed by atoms with Crippen LogP contribution >= 0.6 is 0 Å². The first-order valence-electron chi connectivity index (χ1n) is 9.45. The average molecular weight is 350 g/mol. The van der Waals surface area contributed by atoms with Crippen molar-refractivity contribution in [3.05, 3.63) is 59.3 Å². The number of carbonyl (C=O) groups excluding carboxylic acids is 1. The normalized spacial score (nSPS) is 17.4. The average Bonchev–Trinajstić information content (AvgIpc) is 3.10. The molecule has 0 bridgehead atoms. The van der Waals surface area contributed by atoms with Gasteiger partial charge in [0.15, 0.2) is 0 Å². The fraction of sp³-hybridized carbons (Fsp3) is 0.429. The Morgan fingerprint density at radius 1 is 1.08 bits per heavy atom. The van der Waals surface area contributed by atoms with Gasteiger partial charge in [-0.05, 0) is 30.0 Å². The zero-order valence-electron chi connectivity index (χ0n) is 15.3. The molecule has 1 aromatic heterocycles. The van der Waals surface area contributed by atoms with Crippen LogP contribution in [0.15, 0.2) is 42.6 Å². The molecule has 2 aliphatic rings. The lowest BCUT2D eigenvalue weighted by Gasteiger charge is -2.35. The van der Waals surface area contributed by atoms with Crippen molar-refractivity contribution in [1.29, 1.82) is 0 Å². The Morgan fingerprint density at radius 2 is 1.77 bits per heavy atom. The Kier molecular flexibility index (Phi) is 4.89. The quantitative estimate of drug-likeness (QED) is 0.916. The molecule has 1 saturated heterocycles. The molecule has 2 heterocycles. The lowest BCUT2D eigenvalue weighted by molar-refractivity contribution is -0.129. The summed E-state index contributed by atoms with van der Waals surface area (Å²) in [6.07, 6.45) is 4.06. The van der Waals surface area contributed by atoms with Crippen molar-refractivity contribution in [2.45, 2.75) is 32.4 Å². The second-order valence-electron chi connectivity index (χ2n) is 7.23. The molecule has 1 amide bonds. The number of carbonyl (C=O) groups is 1. The molecule has 0 unspecified atom stereocenters. The van der Waals surface area contributed by atoms with Gasteiger partial charge < -0.3 is 15.1 Å². The molecule has 1 aliphatic carbocycles. The minimum absolute atomic E-state index is 0.161. The monoisotopic (exact) mass is 350 g/mol. The number of piperazine rings is 1. The van der Waals surface area contributed by atoms with Crippen LogP contribution in [0.5, 0.6) is 0 Å². The summed E-state index contributed by atoms with van der Waals surface area (Å²) in [7, 11) is 0. The molecular formula is C21H26N4O. The number of nitrogens with one attached hydrogen (secondary N) is 1. The molecule has 1 N–H and O–H groups in total. The Labute approximate surface area is 155 Å². The maximum absolute atomic E-state index is 11.5. The van der Waals surface area contributed by atoms with Crippen molar-refractivity contribution >= 4 is 11.7 Å². The van der Waals surface area contributed by atoms with Crippen molar-refractivity contribution in [2.24, 2.45) is 0 Å². The number of nitrogens with zero attached hydrogens (tertiary/aromatic N) is 3. The maximum atomic E-state index is 11.5. The van der Waals surface area contributed by atoms with E-state index < -0.39 is 0 Å². The molecule has 5 nitrogen and oxygen atoms in total. The number of amides is 1. The van der Waals surface area contributed by atoms with Gasteiger partial charge in [-0.2, -0.15) is 0 Å². The SMILES string of the molecule is CC(=O)N1CCN(c2ncccc2CNC2Cc3ccccc3C2)CC1. The fourth-order valence-corrected chi connectivity index (χ4v) is 4.04. The van der Waals surface area contributed by atoms with E-state index in [1.807, 2.05) is 17.2 Å². The van der Waals surface area contributed by atoms with E-state index in [-0.39, 0.29) is 5.91 Å². The van der Waals surface area contributed by atoms with Crippen LogP contribution in [0.2, 0.25) is 0 Å². The third kappa shape index (κ3) is 3.58. The molecule has 1 aromatic carbocycles. The summed E-state index contributed by atoms with van der Waals surface area (Å²) >= 11 is 0. The molecule has 0 radical (unpaired) electrons. The summed E-state index contributed by atoms with van der Waals surface area (Å²) < 4.78 is 0. The van der Waals surface area contributed by atoms with E-state index in [2.05, 4.69) is 45.5 Å². The van der Waals surface area contributed by atoms with Crippen LogP contribution in [0.25, 0.3) is 0 Å². The summed E-state index contributed by atoms with van der Waals surface area (Å²) in [4.78, 5) is 20.4. The Hall–Kier alpha value is -2.40. The molecule has 0 atom stereocenters. The lowest BCUT2D eigenvalue weighted by atomic mass is 10.1. The number of hydrogen-bond acceptors (Lipinski definition) is 4. The van der Waals surface area contributed by atoms with Crippen molar-refractivity contribution in [3.63, 3.8) is 0 Å². The first-order valence-corrected chi connectivity index (χ1v) is 9.45. The third-order valence-electron chi connectivity index (χ3n) is 5.52. The zero-order chi connectivity index (χ0) is 17.9. The smallest absolute Gasteiger partial charge is 0.219 e. The molecule has 1 aliphatic heterocycles. The molecule has 26 heavy (non-hydrogen) atoms. The predicted molar refractivity (Wildman–Crippen MR) is 103 cm³/mol. The number of fused-ring (bicyclic) bond motifs is 1. The summed E-state index contributed by atoms with van der Waals surface area (Å²) in [5, 5.41) is 3.72. The standard InChI is InChI=1S/C21H26N4O/c1-16(26)24-9-11-25(12-10-24)21-19(7-4-8-22-21)15-23-20-13-17-5-2-3-6-18(17)14-20/h2-8,20,23H,9-15H2,1H3. The van der Waals surface area contributed by atoms with Gasteiger partial charge in [-0.25, -0.2) is 4.98 Å². The highest BCUT2D eigenvalue weighted by Crippen LogP contribution is 2.23. The largest absolute Gasteiger partial charge is 0.353 e. The molecule has 1 fully saturated rings. The molecule has 136 valence electrons. The molecule has 0 spiro atoms. The maximum Gasteiger partial charge on any atom is 0.219 e. The van der Waals surface area contributed by atoms with Gasteiger partial charge in [-0.15, -0.1) is 0 Å². The third-order valence-corrected chi connectivity index (χ3v) is 5.52. The second kappa shape index (κ2) is 7.46. The van der Waals surface area contributed by atoms with E-state index >= 15 is 0 Å². The Bertz CT molecular complexity index is 758. The van der Waals surface area contributed by atoms with Gasteiger partial charge in [0.05, 0.1) is 0 Å². The van der Waals surface area contributed by atoms with Gasteiger partial charge >= 0.3 is 0 Å². The lowest BCUT2D eigenvalue weighted by Crippen LogP contribution is -2.48. The Morgan fingerprint density at radius 3 is 2.42 bits per heavy atom. The first kappa shape index (κ1) is 17.0. The van der Waals surface area contributed by atoms with Gasteiger partial charge in [0.2, 0.25) is 5.91 Å². The highest BCUT2D eigenvalue weighted by atomic mass is 16.2. The van der Waals surface area contributed by atoms with Gasteiger partial charge in [0.25, 0.3) is 0 Å². The topological polar surface area (TPSA) is 48.5 Å². The van der Waals surface area contributed by atoms with Crippen LogP contribution in [-0.2, 0) is 24.2 Å². The van der Waals surface area contributed by atoms with E-state index in [1.165, 1.54) is 16.7 Å². The predicted octanol–water partition coefficient (Wildman–Crippen LogP) is 2.01. The number of rotatable bonds is 4. The molecule has 0 saturated carbocycles. The van der Waals surface area contributed by atoms with Crippen LogP contribution in [0.4, 0.5) is 5.82 Å². The zero-order valence-corrected chi connectivity index (χ0v) is 15.3. The molecule has 5 heteroatoms. The number of hydrogen-bond donors (Lipinski definition) is 1. The highest BCUT2D eigenvalue weighted by molar-refractivity contribution is 5.73. The van der Waals surface area contributed by atoms with Gasteiger partial charge in [0.1, 0.15) is 5.82 Å². The molecular weight excluding hydrogens is 324 g/mol. The van der Waals surface area contributed by atoms with Crippen LogP contribution in [0.1, 0.15) is 23.6 Å². The minimum Gasteiger partial charge on any atom is -0.353 e. The summed E-state index contributed by atoms with van der Waals surface area (Å²) in [5.74, 6) is 1.21. The van der Waals surface area contributed by atoms with Crippen molar-refractivity contribution in [2.75, 3.05) is 31.1 Å². The highest BCUT2D eigenvalue weighted by Gasteiger charge is 2.23.